The number of hydrogen-bond acceptors (Lipinski definition) is 4. The maximum absolute atomic E-state index is 12.6. The van der Waals surface area contributed by atoms with Gasteiger partial charge in [-0.25, -0.2) is 8.42 Å². The first-order valence-corrected chi connectivity index (χ1v) is 11.9. The fraction of sp³-hybridized carbons (Fsp3) is 0.381. The van der Waals surface area contributed by atoms with Crippen LogP contribution in [0.4, 0.5) is 0 Å². The minimum absolute atomic E-state index is 0.0312. The monoisotopic (exact) mass is 479 g/mol. The maximum Gasteiger partial charge on any atom is 0.243 e. The summed E-state index contributed by atoms with van der Waals surface area (Å²) in [6.07, 6.45) is 1.91. The molecule has 0 aromatic heterocycles. The van der Waals surface area contributed by atoms with Crippen molar-refractivity contribution in [3.8, 4) is 0 Å². The second-order valence-electron chi connectivity index (χ2n) is 7.34. The van der Waals surface area contributed by atoms with E-state index in [9.17, 15) is 13.2 Å². The van der Waals surface area contributed by atoms with Crippen molar-refractivity contribution in [2.45, 2.75) is 30.3 Å². The van der Waals surface area contributed by atoms with Crippen molar-refractivity contribution in [3.05, 3.63) is 64.6 Å². The summed E-state index contributed by atoms with van der Waals surface area (Å²) in [4.78, 5) is 15.0. The molecule has 2 aromatic rings. The molecule has 0 radical (unpaired) electrons. The zero-order chi connectivity index (χ0) is 20.9. The molecule has 1 heterocycles. The molecular weight excluding hydrogens is 454 g/mol. The van der Waals surface area contributed by atoms with Gasteiger partial charge in [0.25, 0.3) is 0 Å². The summed E-state index contributed by atoms with van der Waals surface area (Å²) in [7, 11) is -2.27. The molecule has 1 saturated heterocycles. The Kier molecular flexibility index (Phi) is 7.45. The third-order valence-corrected chi connectivity index (χ3v) is 7.35. The first kappa shape index (κ1) is 22.0. The maximum atomic E-state index is 12.6. The molecule has 0 aliphatic carbocycles. The average Bonchev–Trinajstić information content (AvgIpc) is 2.69. The first-order chi connectivity index (χ1) is 13.8. The van der Waals surface area contributed by atoms with Crippen molar-refractivity contribution in [1.82, 2.24) is 14.5 Å². The molecule has 8 heteroatoms. The van der Waals surface area contributed by atoms with Gasteiger partial charge in [0.2, 0.25) is 15.9 Å². The van der Waals surface area contributed by atoms with E-state index in [1.165, 1.54) is 24.7 Å². The fourth-order valence-electron chi connectivity index (χ4n) is 3.51. The smallest absolute Gasteiger partial charge is 0.243 e. The molecule has 0 spiro atoms. The van der Waals surface area contributed by atoms with E-state index in [1.54, 1.807) is 12.1 Å². The third-order valence-electron chi connectivity index (χ3n) is 5.01. The number of nitrogens with zero attached hydrogens (tertiary/aromatic N) is 2. The van der Waals surface area contributed by atoms with Crippen LogP contribution in [0, 0.1) is 0 Å². The summed E-state index contributed by atoms with van der Waals surface area (Å²) in [6, 6.07) is 16.7. The molecule has 29 heavy (non-hydrogen) atoms. The van der Waals surface area contributed by atoms with Gasteiger partial charge in [0.05, 0.1) is 11.4 Å². The van der Waals surface area contributed by atoms with Crippen LogP contribution in [0.3, 0.4) is 0 Å². The van der Waals surface area contributed by atoms with E-state index in [2.05, 4.69) is 38.3 Å². The minimum atomic E-state index is -3.70. The zero-order valence-corrected chi connectivity index (χ0v) is 18.8. The topological polar surface area (TPSA) is 69.7 Å². The molecule has 0 saturated carbocycles. The summed E-state index contributed by atoms with van der Waals surface area (Å²) in [5, 5.41) is 3.00. The van der Waals surface area contributed by atoms with E-state index in [0.29, 0.717) is 0 Å². The molecule has 6 nitrogen and oxygen atoms in total. The number of piperidine rings is 1. The molecule has 1 atom stereocenters. The number of halogens is 1. The molecule has 2 aromatic carbocycles. The Labute approximate surface area is 181 Å². The quantitative estimate of drug-likeness (QED) is 0.662. The third kappa shape index (κ3) is 6.12. The lowest BCUT2D eigenvalue weighted by atomic mass is 10.0. The Morgan fingerprint density at radius 1 is 1.17 bits per heavy atom. The number of carbonyl (C=O) groups excluding carboxylic acids is 1. The van der Waals surface area contributed by atoms with Crippen LogP contribution in [-0.4, -0.2) is 56.3 Å². The van der Waals surface area contributed by atoms with Crippen molar-refractivity contribution in [3.63, 3.8) is 0 Å². The zero-order valence-electron chi connectivity index (χ0n) is 16.4. The highest BCUT2D eigenvalue weighted by Crippen LogP contribution is 2.18. The van der Waals surface area contributed by atoms with E-state index in [4.69, 9.17) is 0 Å². The molecule has 1 amide bonds. The molecule has 1 N–H and O–H groups in total. The molecule has 0 bridgehead atoms. The van der Waals surface area contributed by atoms with Gasteiger partial charge in [0.1, 0.15) is 0 Å². The molecule has 3 rings (SSSR count). The van der Waals surface area contributed by atoms with Crippen LogP contribution in [0.1, 0.15) is 18.4 Å². The van der Waals surface area contributed by atoms with Crippen LogP contribution in [-0.2, 0) is 21.4 Å². The van der Waals surface area contributed by atoms with Crippen molar-refractivity contribution in [2.75, 3.05) is 26.7 Å². The van der Waals surface area contributed by atoms with Gasteiger partial charge in [-0.05, 0) is 49.2 Å². The number of likely N-dealkylation sites (tertiary alicyclic amines) is 1. The molecule has 1 fully saturated rings. The standard InChI is InChI=1S/C21H26BrN3O3S/c1-24(29(27,28)20-11-9-18(22)10-12-20)16-21(26)23-19-8-5-13-25(15-19)14-17-6-3-2-4-7-17/h2-4,6-7,9-12,19H,5,8,13-16H2,1H3,(H,23,26). The van der Waals surface area contributed by atoms with E-state index in [-0.39, 0.29) is 23.4 Å². The SMILES string of the molecule is CN(CC(=O)NC1CCCN(Cc2ccccc2)C1)S(=O)(=O)c1ccc(Br)cc1. The van der Waals surface area contributed by atoms with Gasteiger partial charge in [-0.15, -0.1) is 0 Å². The van der Waals surface area contributed by atoms with Gasteiger partial charge in [-0.3, -0.25) is 9.69 Å². The van der Waals surface area contributed by atoms with E-state index >= 15 is 0 Å². The van der Waals surface area contributed by atoms with Crippen LogP contribution in [0.2, 0.25) is 0 Å². The predicted octanol–water partition coefficient (Wildman–Crippen LogP) is 2.85. The number of carbonyl (C=O) groups is 1. The van der Waals surface area contributed by atoms with Crippen molar-refractivity contribution in [2.24, 2.45) is 0 Å². The number of likely N-dealkylation sites (N-methyl/N-ethyl adjacent to an activating group) is 1. The lowest BCUT2D eigenvalue weighted by molar-refractivity contribution is -0.122. The van der Waals surface area contributed by atoms with Crippen LogP contribution in [0.15, 0.2) is 64.0 Å². The Balaban J connectivity index is 1.53. The lowest BCUT2D eigenvalue weighted by Crippen LogP contribution is -2.49. The summed E-state index contributed by atoms with van der Waals surface area (Å²) >= 11 is 3.29. The Morgan fingerprint density at radius 3 is 2.55 bits per heavy atom. The van der Waals surface area contributed by atoms with Crippen LogP contribution in [0.25, 0.3) is 0 Å². The lowest BCUT2D eigenvalue weighted by Gasteiger charge is -2.33. The number of hydrogen-bond donors (Lipinski definition) is 1. The van der Waals surface area contributed by atoms with Gasteiger partial charge in [-0.1, -0.05) is 46.3 Å². The Bertz CT molecular complexity index is 920. The number of amides is 1. The van der Waals surface area contributed by atoms with Crippen LogP contribution in [0.5, 0.6) is 0 Å². The van der Waals surface area contributed by atoms with Gasteiger partial charge in [0.15, 0.2) is 0 Å². The molecule has 1 aliphatic heterocycles. The highest BCUT2D eigenvalue weighted by Gasteiger charge is 2.25. The van der Waals surface area contributed by atoms with E-state index in [0.717, 1.165) is 41.3 Å². The Hall–Kier alpha value is -1.74. The summed E-state index contributed by atoms with van der Waals surface area (Å²) < 4.78 is 27.2. The van der Waals surface area contributed by atoms with Gasteiger partial charge >= 0.3 is 0 Å². The molecule has 156 valence electrons. The second kappa shape index (κ2) is 9.84. The average molecular weight is 480 g/mol. The number of sulfonamides is 1. The second-order valence-corrected chi connectivity index (χ2v) is 10.3. The predicted molar refractivity (Wildman–Crippen MR) is 117 cm³/mol. The molecule has 1 aliphatic rings. The number of rotatable bonds is 7. The number of nitrogens with one attached hydrogen (secondary N) is 1. The van der Waals surface area contributed by atoms with Crippen molar-refractivity contribution < 1.29 is 13.2 Å². The minimum Gasteiger partial charge on any atom is -0.351 e. The van der Waals surface area contributed by atoms with E-state index in [1.807, 2.05) is 18.2 Å². The Morgan fingerprint density at radius 2 is 1.86 bits per heavy atom. The number of benzene rings is 2. The molecular formula is C21H26BrN3O3S. The van der Waals surface area contributed by atoms with Gasteiger partial charge in [-0.2, -0.15) is 4.31 Å². The normalized spacial score (nSPS) is 18.0. The summed E-state index contributed by atoms with van der Waals surface area (Å²) in [5.74, 6) is -0.278. The largest absolute Gasteiger partial charge is 0.351 e. The van der Waals surface area contributed by atoms with Gasteiger partial charge < -0.3 is 5.32 Å². The highest BCUT2D eigenvalue weighted by atomic mass is 79.9. The van der Waals surface area contributed by atoms with E-state index < -0.39 is 10.0 Å². The van der Waals surface area contributed by atoms with Crippen molar-refractivity contribution in [1.29, 1.82) is 0 Å². The van der Waals surface area contributed by atoms with Crippen LogP contribution >= 0.6 is 15.9 Å². The highest BCUT2D eigenvalue weighted by molar-refractivity contribution is 9.10. The van der Waals surface area contributed by atoms with Gasteiger partial charge in [0, 0.05) is 30.7 Å². The summed E-state index contributed by atoms with van der Waals surface area (Å²) in [6.45, 7) is 2.42. The fourth-order valence-corrected chi connectivity index (χ4v) is 4.90. The van der Waals surface area contributed by atoms with Crippen molar-refractivity contribution >= 4 is 31.9 Å². The first-order valence-electron chi connectivity index (χ1n) is 9.62. The van der Waals surface area contributed by atoms with Crippen LogP contribution < -0.4 is 5.32 Å². The molecule has 1 unspecified atom stereocenters. The summed E-state index contributed by atoms with van der Waals surface area (Å²) in [5.41, 5.74) is 1.25.